The number of aromatic nitrogens is 6. The average molecular weight is 325 g/mol. The molecule has 23 heavy (non-hydrogen) atoms. The predicted octanol–water partition coefficient (Wildman–Crippen LogP) is 0.807. The van der Waals surface area contributed by atoms with Crippen molar-refractivity contribution < 1.29 is 18.0 Å². The molecule has 3 rings (SSSR count). The number of pyridine rings is 1. The minimum absolute atomic E-state index is 0.0947. The summed E-state index contributed by atoms with van der Waals surface area (Å²) in [6, 6.07) is 2.17. The van der Waals surface area contributed by atoms with E-state index in [4.69, 9.17) is 0 Å². The Balaban J connectivity index is 1.83. The van der Waals surface area contributed by atoms with Crippen LogP contribution in [-0.4, -0.2) is 35.5 Å². The summed E-state index contributed by atoms with van der Waals surface area (Å²) in [6.45, 7) is -0.0993. The summed E-state index contributed by atoms with van der Waals surface area (Å²) in [4.78, 5) is 11.9. The zero-order valence-corrected chi connectivity index (χ0v) is 11.7. The molecule has 0 aliphatic heterocycles. The van der Waals surface area contributed by atoms with E-state index in [0.717, 1.165) is 6.07 Å². The lowest BCUT2D eigenvalue weighted by Crippen LogP contribution is -2.24. The number of rotatable bonds is 3. The Kier molecular flexibility index (Phi) is 3.47. The standard InChI is InChI=1S/C12H10F3N7O/c1-21-6-8(17-20-21)11(23)16-5-9-18-19-10-7(12(13,14)15)3-2-4-22(9)10/h2-4,6H,5H2,1H3,(H,16,23). The van der Waals surface area contributed by atoms with E-state index in [9.17, 15) is 18.0 Å². The fourth-order valence-electron chi connectivity index (χ4n) is 2.01. The fourth-order valence-corrected chi connectivity index (χ4v) is 2.01. The van der Waals surface area contributed by atoms with Gasteiger partial charge in [0.25, 0.3) is 5.91 Å². The second-order valence-corrected chi connectivity index (χ2v) is 4.69. The van der Waals surface area contributed by atoms with Gasteiger partial charge in [0.1, 0.15) is 5.56 Å². The van der Waals surface area contributed by atoms with Crippen molar-refractivity contribution in [3.05, 3.63) is 41.6 Å². The van der Waals surface area contributed by atoms with Crippen LogP contribution in [0.3, 0.4) is 0 Å². The third-order valence-electron chi connectivity index (χ3n) is 3.05. The Morgan fingerprint density at radius 1 is 1.30 bits per heavy atom. The number of fused-ring (bicyclic) bond motifs is 1. The molecule has 120 valence electrons. The van der Waals surface area contributed by atoms with Crippen molar-refractivity contribution in [1.29, 1.82) is 0 Å². The Morgan fingerprint density at radius 2 is 2.09 bits per heavy atom. The summed E-state index contributed by atoms with van der Waals surface area (Å²) in [6.07, 6.45) is -1.72. The number of halogens is 3. The molecule has 0 fully saturated rings. The Bertz CT molecular complexity index is 867. The number of nitrogens with zero attached hydrogens (tertiary/aromatic N) is 6. The van der Waals surface area contributed by atoms with Gasteiger partial charge in [-0.1, -0.05) is 5.21 Å². The third-order valence-corrected chi connectivity index (χ3v) is 3.05. The summed E-state index contributed by atoms with van der Waals surface area (Å²) in [5.41, 5.74) is -1.11. The normalized spacial score (nSPS) is 11.8. The van der Waals surface area contributed by atoms with Crippen LogP contribution in [0.1, 0.15) is 21.9 Å². The predicted molar refractivity (Wildman–Crippen MR) is 70.2 cm³/mol. The first-order chi connectivity index (χ1) is 10.9. The number of hydrogen-bond donors (Lipinski definition) is 1. The van der Waals surface area contributed by atoms with Crippen LogP contribution < -0.4 is 5.32 Å². The van der Waals surface area contributed by atoms with Crippen LogP contribution in [0.15, 0.2) is 24.5 Å². The van der Waals surface area contributed by atoms with E-state index >= 15 is 0 Å². The number of amides is 1. The number of carbonyl (C=O) groups excluding carboxylic acids is 1. The zero-order valence-electron chi connectivity index (χ0n) is 11.7. The number of carbonyl (C=O) groups is 1. The highest BCUT2D eigenvalue weighted by Gasteiger charge is 2.34. The number of alkyl halides is 3. The SMILES string of the molecule is Cn1cc(C(=O)NCc2nnc3c(C(F)(F)F)cccn23)nn1. The van der Waals surface area contributed by atoms with Crippen molar-refractivity contribution >= 4 is 11.6 Å². The molecule has 3 aromatic heterocycles. The van der Waals surface area contributed by atoms with Crippen LogP contribution in [0.4, 0.5) is 13.2 Å². The molecule has 0 bridgehead atoms. The molecule has 0 aliphatic carbocycles. The number of nitrogens with one attached hydrogen (secondary N) is 1. The van der Waals surface area contributed by atoms with Crippen LogP contribution in [0, 0.1) is 0 Å². The fraction of sp³-hybridized carbons (Fsp3) is 0.250. The first-order valence-electron chi connectivity index (χ1n) is 6.40. The van der Waals surface area contributed by atoms with Crippen molar-refractivity contribution in [2.24, 2.45) is 7.05 Å². The van der Waals surface area contributed by atoms with Crippen molar-refractivity contribution in [1.82, 2.24) is 34.9 Å². The molecule has 3 heterocycles. The van der Waals surface area contributed by atoms with Crippen molar-refractivity contribution in [2.45, 2.75) is 12.7 Å². The summed E-state index contributed by atoms with van der Waals surface area (Å²) in [7, 11) is 1.61. The van der Waals surface area contributed by atoms with E-state index in [2.05, 4.69) is 25.8 Å². The first kappa shape index (κ1) is 14.9. The molecule has 0 saturated carbocycles. The molecule has 0 radical (unpaired) electrons. The average Bonchev–Trinajstić information content (AvgIpc) is 3.09. The van der Waals surface area contributed by atoms with Gasteiger partial charge in [-0.2, -0.15) is 13.2 Å². The van der Waals surface area contributed by atoms with Crippen LogP contribution >= 0.6 is 0 Å². The highest BCUT2D eigenvalue weighted by Crippen LogP contribution is 2.31. The van der Waals surface area contributed by atoms with Crippen LogP contribution in [0.5, 0.6) is 0 Å². The molecule has 0 aliphatic rings. The number of aryl methyl sites for hydroxylation is 1. The maximum Gasteiger partial charge on any atom is 0.420 e. The van der Waals surface area contributed by atoms with Gasteiger partial charge < -0.3 is 5.32 Å². The molecule has 3 aromatic rings. The van der Waals surface area contributed by atoms with E-state index in [0.29, 0.717) is 0 Å². The minimum atomic E-state index is -4.53. The van der Waals surface area contributed by atoms with Gasteiger partial charge in [0.2, 0.25) is 0 Å². The van der Waals surface area contributed by atoms with Crippen LogP contribution in [0.2, 0.25) is 0 Å². The Hall–Kier alpha value is -2.98. The molecule has 1 N–H and O–H groups in total. The summed E-state index contributed by atoms with van der Waals surface area (Å²) < 4.78 is 41.2. The van der Waals surface area contributed by atoms with E-state index in [-0.39, 0.29) is 23.7 Å². The van der Waals surface area contributed by atoms with Gasteiger partial charge in [-0.05, 0) is 12.1 Å². The maximum absolute atomic E-state index is 12.9. The van der Waals surface area contributed by atoms with Crippen LogP contribution in [0.25, 0.3) is 5.65 Å². The van der Waals surface area contributed by atoms with Crippen LogP contribution in [-0.2, 0) is 19.8 Å². The Labute approximate surface area is 126 Å². The lowest BCUT2D eigenvalue weighted by Gasteiger charge is -2.07. The van der Waals surface area contributed by atoms with Gasteiger partial charge in [0.15, 0.2) is 17.2 Å². The lowest BCUT2D eigenvalue weighted by molar-refractivity contribution is -0.136. The van der Waals surface area contributed by atoms with E-state index in [1.54, 1.807) is 7.05 Å². The molecule has 0 spiro atoms. The van der Waals surface area contributed by atoms with Gasteiger partial charge in [-0.25, -0.2) is 0 Å². The lowest BCUT2D eigenvalue weighted by atomic mass is 10.2. The third kappa shape index (κ3) is 2.84. The van der Waals surface area contributed by atoms with Gasteiger partial charge >= 0.3 is 6.18 Å². The monoisotopic (exact) mass is 325 g/mol. The van der Waals surface area contributed by atoms with Crippen molar-refractivity contribution in [3.63, 3.8) is 0 Å². The van der Waals surface area contributed by atoms with Gasteiger partial charge in [0.05, 0.1) is 12.7 Å². The quantitative estimate of drug-likeness (QED) is 0.769. The van der Waals surface area contributed by atoms with Gasteiger partial charge in [-0.15, -0.1) is 15.3 Å². The molecule has 0 aromatic carbocycles. The topological polar surface area (TPSA) is 90.0 Å². The largest absolute Gasteiger partial charge is 0.420 e. The van der Waals surface area contributed by atoms with Gasteiger partial charge in [0, 0.05) is 13.2 Å². The molecular formula is C12H10F3N7O. The second-order valence-electron chi connectivity index (χ2n) is 4.69. The Morgan fingerprint density at radius 3 is 2.74 bits per heavy atom. The first-order valence-corrected chi connectivity index (χ1v) is 6.40. The smallest absolute Gasteiger partial charge is 0.343 e. The van der Waals surface area contributed by atoms with E-state index in [1.807, 2.05) is 0 Å². The number of hydrogen-bond acceptors (Lipinski definition) is 5. The van der Waals surface area contributed by atoms with Crippen molar-refractivity contribution in [2.75, 3.05) is 0 Å². The highest BCUT2D eigenvalue weighted by atomic mass is 19.4. The van der Waals surface area contributed by atoms with Crippen molar-refractivity contribution in [3.8, 4) is 0 Å². The van der Waals surface area contributed by atoms with E-state index < -0.39 is 17.6 Å². The van der Waals surface area contributed by atoms with E-state index in [1.165, 1.54) is 27.5 Å². The minimum Gasteiger partial charge on any atom is -0.343 e. The summed E-state index contributed by atoms with van der Waals surface area (Å²) >= 11 is 0. The molecule has 0 saturated heterocycles. The molecule has 8 nitrogen and oxygen atoms in total. The zero-order chi connectivity index (χ0) is 16.6. The molecule has 0 unspecified atom stereocenters. The highest BCUT2D eigenvalue weighted by molar-refractivity contribution is 5.91. The summed E-state index contributed by atoms with van der Waals surface area (Å²) in [5.74, 6) is -0.342. The summed E-state index contributed by atoms with van der Waals surface area (Å²) in [5, 5.41) is 17.0. The van der Waals surface area contributed by atoms with Gasteiger partial charge in [-0.3, -0.25) is 13.9 Å². The molecule has 1 amide bonds. The molecular weight excluding hydrogens is 315 g/mol. The second kappa shape index (κ2) is 5.34. The molecule has 11 heteroatoms. The maximum atomic E-state index is 12.9. The molecule has 0 atom stereocenters.